The quantitative estimate of drug-likeness (QED) is 0.914. The summed E-state index contributed by atoms with van der Waals surface area (Å²) in [5.41, 5.74) is 0.890. The molecule has 0 aliphatic carbocycles. The fourth-order valence-corrected chi connectivity index (χ4v) is 5.20. The Kier molecular flexibility index (Phi) is 4.60. The second kappa shape index (κ2) is 6.49. The summed E-state index contributed by atoms with van der Waals surface area (Å²) in [5, 5.41) is 12.5. The Labute approximate surface area is 137 Å². The monoisotopic (exact) mass is 333 g/mol. The van der Waals surface area contributed by atoms with E-state index in [4.69, 9.17) is 0 Å². The summed E-state index contributed by atoms with van der Waals surface area (Å²) in [6.07, 6.45) is 1.65. The third-order valence-electron chi connectivity index (χ3n) is 4.61. The van der Waals surface area contributed by atoms with E-state index in [-0.39, 0.29) is 23.3 Å². The molecule has 5 heteroatoms. The predicted octanol–water partition coefficient (Wildman–Crippen LogP) is 2.94. The highest BCUT2D eigenvalue weighted by molar-refractivity contribution is 7.91. The van der Waals surface area contributed by atoms with Crippen LogP contribution in [0.2, 0.25) is 0 Å². The summed E-state index contributed by atoms with van der Waals surface area (Å²) >= 11 is 0. The van der Waals surface area contributed by atoms with Crippen LogP contribution in [0.15, 0.2) is 36.4 Å². The van der Waals surface area contributed by atoms with Crippen molar-refractivity contribution in [3.8, 4) is 5.75 Å². The van der Waals surface area contributed by atoms with Crippen molar-refractivity contribution in [2.45, 2.75) is 32.4 Å². The molecule has 0 bridgehead atoms. The molecule has 1 heterocycles. The predicted molar refractivity (Wildman–Crippen MR) is 93.4 cm³/mol. The Morgan fingerprint density at radius 1 is 1.22 bits per heavy atom. The van der Waals surface area contributed by atoms with Crippen LogP contribution in [0.3, 0.4) is 0 Å². The van der Waals surface area contributed by atoms with Crippen molar-refractivity contribution in [3.05, 3.63) is 42.0 Å². The lowest BCUT2D eigenvalue weighted by atomic mass is 10.0. The van der Waals surface area contributed by atoms with Gasteiger partial charge in [-0.3, -0.25) is 4.90 Å². The molecule has 1 fully saturated rings. The van der Waals surface area contributed by atoms with E-state index in [1.807, 2.05) is 30.3 Å². The SMILES string of the molecule is CCCN(Cc1c(O)ccc2ccccc12)C1CCS(=O)(=O)C1. The van der Waals surface area contributed by atoms with Crippen LogP contribution in [-0.2, 0) is 16.4 Å². The molecule has 3 rings (SSSR count). The van der Waals surface area contributed by atoms with E-state index < -0.39 is 9.84 Å². The molecule has 1 N–H and O–H groups in total. The van der Waals surface area contributed by atoms with Gasteiger partial charge in [-0.15, -0.1) is 0 Å². The first-order valence-electron chi connectivity index (χ1n) is 8.14. The zero-order valence-electron chi connectivity index (χ0n) is 13.4. The van der Waals surface area contributed by atoms with Gasteiger partial charge in [0.05, 0.1) is 11.5 Å². The number of hydrogen-bond donors (Lipinski definition) is 1. The number of phenolic OH excluding ortho intramolecular Hbond substituents is 1. The van der Waals surface area contributed by atoms with Gasteiger partial charge in [0.2, 0.25) is 0 Å². The maximum absolute atomic E-state index is 11.8. The highest BCUT2D eigenvalue weighted by Gasteiger charge is 2.32. The minimum absolute atomic E-state index is 0.0540. The van der Waals surface area contributed by atoms with Crippen LogP contribution in [0, 0.1) is 0 Å². The molecule has 0 amide bonds. The number of nitrogens with zero attached hydrogens (tertiary/aromatic N) is 1. The molecule has 124 valence electrons. The van der Waals surface area contributed by atoms with Crippen molar-refractivity contribution >= 4 is 20.6 Å². The van der Waals surface area contributed by atoms with Crippen LogP contribution in [0.25, 0.3) is 10.8 Å². The summed E-state index contributed by atoms with van der Waals surface area (Å²) in [6.45, 7) is 3.52. The first-order valence-corrected chi connectivity index (χ1v) is 9.96. The van der Waals surface area contributed by atoms with Gasteiger partial charge in [0.1, 0.15) is 5.75 Å². The van der Waals surface area contributed by atoms with Crippen LogP contribution in [0.1, 0.15) is 25.3 Å². The average molecular weight is 333 g/mol. The summed E-state index contributed by atoms with van der Waals surface area (Å²) < 4.78 is 23.6. The molecule has 1 unspecified atom stereocenters. The van der Waals surface area contributed by atoms with Crippen LogP contribution in [0.5, 0.6) is 5.75 Å². The zero-order chi connectivity index (χ0) is 16.4. The third kappa shape index (κ3) is 3.51. The number of phenols is 1. The van der Waals surface area contributed by atoms with Crippen molar-refractivity contribution in [3.63, 3.8) is 0 Å². The van der Waals surface area contributed by atoms with E-state index in [2.05, 4.69) is 11.8 Å². The molecular weight excluding hydrogens is 310 g/mol. The molecular formula is C18H23NO3S. The van der Waals surface area contributed by atoms with E-state index in [0.717, 1.165) is 29.3 Å². The van der Waals surface area contributed by atoms with Crippen molar-refractivity contribution < 1.29 is 13.5 Å². The molecule has 2 aromatic carbocycles. The average Bonchev–Trinajstić information content (AvgIpc) is 2.89. The molecule has 0 spiro atoms. The molecule has 2 aromatic rings. The number of aromatic hydroxyl groups is 1. The van der Waals surface area contributed by atoms with E-state index in [9.17, 15) is 13.5 Å². The van der Waals surface area contributed by atoms with E-state index in [1.54, 1.807) is 6.07 Å². The molecule has 1 saturated heterocycles. The Morgan fingerprint density at radius 3 is 2.70 bits per heavy atom. The van der Waals surface area contributed by atoms with Gasteiger partial charge < -0.3 is 5.11 Å². The second-order valence-electron chi connectivity index (χ2n) is 6.31. The molecule has 4 nitrogen and oxygen atoms in total. The van der Waals surface area contributed by atoms with Gasteiger partial charge in [-0.05, 0) is 36.2 Å². The van der Waals surface area contributed by atoms with E-state index >= 15 is 0 Å². The fraction of sp³-hybridized carbons (Fsp3) is 0.444. The van der Waals surface area contributed by atoms with Crippen molar-refractivity contribution in [1.82, 2.24) is 4.90 Å². The Hall–Kier alpha value is -1.59. The smallest absolute Gasteiger partial charge is 0.151 e. The number of hydrogen-bond acceptors (Lipinski definition) is 4. The van der Waals surface area contributed by atoms with Gasteiger partial charge in [-0.25, -0.2) is 8.42 Å². The summed E-state index contributed by atoms with van der Waals surface area (Å²) in [6, 6.07) is 11.7. The molecule has 0 aromatic heterocycles. The van der Waals surface area contributed by atoms with Crippen molar-refractivity contribution in [2.24, 2.45) is 0 Å². The third-order valence-corrected chi connectivity index (χ3v) is 6.36. The van der Waals surface area contributed by atoms with E-state index in [0.29, 0.717) is 13.0 Å². The molecule has 1 atom stereocenters. The number of rotatable bonds is 5. The van der Waals surface area contributed by atoms with Crippen LogP contribution in [-0.4, -0.2) is 42.5 Å². The highest BCUT2D eigenvalue weighted by atomic mass is 32.2. The molecule has 23 heavy (non-hydrogen) atoms. The van der Waals surface area contributed by atoms with Crippen LogP contribution in [0.4, 0.5) is 0 Å². The second-order valence-corrected chi connectivity index (χ2v) is 8.54. The summed E-state index contributed by atoms with van der Waals surface area (Å²) in [4.78, 5) is 2.21. The Balaban J connectivity index is 1.93. The van der Waals surface area contributed by atoms with Gasteiger partial charge in [0.25, 0.3) is 0 Å². The van der Waals surface area contributed by atoms with Gasteiger partial charge in [-0.2, -0.15) is 0 Å². The van der Waals surface area contributed by atoms with Crippen molar-refractivity contribution in [1.29, 1.82) is 0 Å². The van der Waals surface area contributed by atoms with Gasteiger partial charge >= 0.3 is 0 Å². The topological polar surface area (TPSA) is 57.6 Å². The molecule has 0 saturated carbocycles. The van der Waals surface area contributed by atoms with E-state index in [1.165, 1.54) is 0 Å². The molecule has 1 aliphatic rings. The maximum Gasteiger partial charge on any atom is 0.151 e. The van der Waals surface area contributed by atoms with Crippen LogP contribution >= 0.6 is 0 Å². The number of benzene rings is 2. The number of sulfone groups is 1. The Bertz CT molecular complexity index is 801. The number of fused-ring (bicyclic) bond motifs is 1. The minimum atomic E-state index is -2.91. The van der Waals surface area contributed by atoms with Gasteiger partial charge in [-0.1, -0.05) is 37.3 Å². The molecule has 0 radical (unpaired) electrons. The standard InChI is InChI=1S/C18H23NO3S/c1-2-10-19(15-9-11-23(21,22)13-15)12-17-16-6-4-3-5-14(16)7-8-18(17)20/h3-8,15,20H,2,9-13H2,1H3. The largest absolute Gasteiger partial charge is 0.508 e. The van der Waals surface area contributed by atoms with Crippen LogP contribution < -0.4 is 0 Å². The lowest BCUT2D eigenvalue weighted by molar-refractivity contribution is 0.202. The maximum atomic E-state index is 11.8. The van der Waals surface area contributed by atoms with Gasteiger partial charge in [0, 0.05) is 18.2 Å². The lowest BCUT2D eigenvalue weighted by Gasteiger charge is -2.28. The highest BCUT2D eigenvalue weighted by Crippen LogP contribution is 2.30. The Morgan fingerprint density at radius 2 is 2.00 bits per heavy atom. The normalized spacial score (nSPS) is 20.3. The summed E-state index contributed by atoms with van der Waals surface area (Å²) in [5.74, 6) is 0.795. The minimum Gasteiger partial charge on any atom is -0.508 e. The molecule has 1 aliphatic heterocycles. The first kappa shape index (κ1) is 16.3. The zero-order valence-corrected chi connectivity index (χ0v) is 14.2. The first-order chi connectivity index (χ1) is 11.0. The lowest BCUT2D eigenvalue weighted by Crippen LogP contribution is -2.36. The van der Waals surface area contributed by atoms with Gasteiger partial charge in [0.15, 0.2) is 9.84 Å². The van der Waals surface area contributed by atoms with Crippen molar-refractivity contribution in [2.75, 3.05) is 18.1 Å². The fourth-order valence-electron chi connectivity index (χ4n) is 3.44. The summed E-state index contributed by atoms with van der Waals surface area (Å²) in [7, 11) is -2.91.